The molecule has 5 heteroatoms. The van der Waals surface area contributed by atoms with E-state index in [1.807, 2.05) is 20.8 Å². The van der Waals surface area contributed by atoms with Crippen LogP contribution in [-0.4, -0.2) is 16.3 Å². The second-order valence-corrected chi connectivity index (χ2v) is 4.79. The lowest BCUT2D eigenvalue weighted by Crippen LogP contribution is -2.13. The minimum atomic E-state index is -0.536. The van der Waals surface area contributed by atoms with E-state index in [1.54, 1.807) is 4.68 Å². The summed E-state index contributed by atoms with van der Waals surface area (Å²) in [4.78, 5) is 0. The van der Waals surface area contributed by atoms with E-state index >= 15 is 0 Å². The van der Waals surface area contributed by atoms with Crippen LogP contribution in [0.4, 0.5) is 8.78 Å². The molecule has 1 N–H and O–H groups in total. The van der Waals surface area contributed by atoms with Crippen LogP contribution in [0.2, 0.25) is 0 Å². The van der Waals surface area contributed by atoms with Gasteiger partial charge in [0.25, 0.3) is 0 Å². The van der Waals surface area contributed by atoms with Gasteiger partial charge in [0.15, 0.2) is 0 Å². The Hall–Kier alpha value is -1.75. The predicted molar refractivity (Wildman–Crippen MR) is 74.5 cm³/mol. The maximum absolute atomic E-state index is 13.7. The van der Waals surface area contributed by atoms with Gasteiger partial charge in [-0.25, -0.2) is 8.78 Å². The summed E-state index contributed by atoms with van der Waals surface area (Å²) in [5.41, 5.74) is 2.96. The first-order chi connectivity index (χ1) is 9.54. The summed E-state index contributed by atoms with van der Waals surface area (Å²) in [5.74, 6) is -1.07. The van der Waals surface area contributed by atoms with Crippen LogP contribution in [0.15, 0.2) is 18.2 Å². The van der Waals surface area contributed by atoms with Crippen molar-refractivity contribution in [3.8, 4) is 0 Å². The van der Waals surface area contributed by atoms with Crippen molar-refractivity contribution in [1.29, 1.82) is 0 Å². The molecule has 20 heavy (non-hydrogen) atoms. The van der Waals surface area contributed by atoms with Gasteiger partial charge < -0.3 is 5.32 Å². The molecule has 0 atom stereocenters. The molecule has 2 aromatic rings. The zero-order valence-electron chi connectivity index (χ0n) is 12.0. The molecule has 1 heterocycles. The molecule has 0 aliphatic heterocycles. The highest BCUT2D eigenvalue weighted by molar-refractivity contribution is 5.26. The molecule has 0 saturated carbocycles. The third kappa shape index (κ3) is 2.88. The third-order valence-electron chi connectivity index (χ3n) is 3.45. The maximum Gasteiger partial charge on any atom is 0.131 e. The van der Waals surface area contributed by atoms with Crippen molar-refractivity contribution < 1.29 is 8.78 Å². The molecule has 0 spiro atoms. The van der Waals surface area contributed by atoms with Crippen molar-refractivity contribution in [1.82, 2.24) is 15.1 Å². The van der Waals surface area contributed by atoms with Crippen molar-refractivity contribution in [2.75, 3.05) is 6.54 Å². The molecular formula is C15H19F2N3. The van der Waals surface area contributed by atoms with E-state index in [4.69, 9.17) is 0 Å². The smallest absolute Gasteiger partial charge is 0.131 e. The fourth-order valence-electron chi connectivity index (χ4n) is 2.23. The average Bonchev–Trinajstić information content (AvgIpc) is 2.67. The highest BCUT2D eigenvalue weighted by Crippen LogP contribution is 2.18. The summed E-state index contributed by atoms with van der Waals surface area (Å²) >= 11 is 0. The maximum atomic E-state index is 13.7. The first-order valence-corrected chi connectivity index (χ1v) is 6.71. The van der Waals surface area contributed by atoms with Gasteiger partial charge in [-0.3, -0.25) is 4.68 Å². The van der Waals surface area contributed by atoms with Gasteiger partial charge in [-0.05, 0) is 32.5 Å². The van der Waals surface area contributed by atoms with E-state index in [-0.39, 0.29) is 12.1 Å². The Kier molecular flexibility index (Phi) is 4.49. The van der Waals surface area contributed by atoms with Gasteiger partial charge in [-0.2, -0.15) is 5.10 Å². The largest absolute Gasteiger partial charge is 0.313 e. The van der Waals surface area contributed by atoms with Gasteiger partial charge in [0, 0.05) is 23.4 Å². The molecule has 2 rings (SSSR count). The van der Waals surface area contributed by atoms with E-state index in [0.717, 1.165) is 23.5 Å². The zero-order chi connectivity index (χ0) is 14.7. The van der Waals surface area contributed by atoms with Crippen molar-refractivity contribution in [2.45, 2.75) is 33.9 Å². The van der Waals surface area contributed by atoms with Crippen LogP contribution in [0.1, 0.15) is 29.4 Å². The molecule has 0 fully saturated rings. The minimum Gasteiger partial charge on any atom is -0.313 e. The molecule has 0 bridgehead atoms. The lowest BCUT2D eigenvalue weighted by atomic mass is 10.1. The van der Waals surface area contributed by atoms with Crippen molar-refractivity contribution in [2.24, 2.45) is 0 Å². The normalized spacial score (nSPS) is 11.1. The van der Waals surface area contributed by atoms with Gasteiger partial charge in [0.05, 0.1) is 12.2 Å². The topological polar surface area (TPSA) is 29.9 Å². The van der Waals surface area contributed by atoms with Gasteiger partial charge in [0.2, 0.25) is 0 Å². The number of halogens is 2. The fourth-order valence-corrected chi connectivity index (χ4v) is 2.23. The molecular weight excluding hydrogens is 260 g/mol. The summed E-state index contributed by atoms with van der Waals surface area (Å²) in [6, 6.07) is 3.90. The average molecular weight is 279 g/mol. The van der Waals surface area contributed by atoms with Crippen molar-refractivity contribution >= 4 is 0 Å². The predicted octanol–water partition coefficient (Wildman–Crippen LogP) is 2.94. The monoisotopic (exact) mass is 279 g/mol. The number of rotatable bonds is 5. The quantitative estimate of drug-likeness (QED) is 0.912. The first-order valence-electron chi connectivity index (χ1n) is 6.71. The number of nitrogens with zero attached hydrogens (tertiary/aromatic N) is 2. The van der Waals surface area contributed by atoms with Gasteiger partial charge in [-0.15, -0.1) is 0 Å². The molecule has 0 radical (unpaired) electrons. The number of aryl methyl sites for hydroxylation is 1. The van der Waals surface area contributed by atoms with Crippen LogP contribution in [-0.2, 0) is 13.1 Å². The molecule has 0 saturated heterocycles. The summed E-state index contributed by atoms with van der Waals surface area (Å²) in [7, 11) is 0. The third-order valence-corrected chi connectivity index (χ3v) is 3.45. The van der Waals surface area contributed by atoms with Crippen LogP contribution < -0.4 is 5.32 Å². The number of nitrogens with one attached hydrogen (secondary N) is 1. The fraction of sp³-hybridized carbons (Fsp3) is 0.400. The first kappa shape index (κ1) is 14.7. The van der Waals surface area contributed by atoms with E-state index in [9.17, 15) is 8.78 Å². The Morgan fingerprint density at radius 3 is 2.40 bits per heavy atom. The van der Waals surface area contributed by atoms with Gasteiger partial charge in [0.1, 0.15) is 11.6 Å². The number of hydrogen-bond acceptors (Lipinski definition) is 2. The van der Waals surface area contributed by atoms with Gasteiger partial charge >= 0.3 is 0 Å². The summed E-state index contributed by atoms with van der Waals surface area (Å²) < 4.78 is 29.0. The Morgan fingerprint density at radius 1 is 1.15 bits per heavy atom. The zero-order valence-corrected chi connectivity index (χ0v) is 12.0. The summed E-state index contributed by atoms with van der Waals surface area (Å²) in [6.07, 6.45) is 0. The molecule has 0 aliphatic rings. The molecule has 0 aliphatic carbocycles. The minimum absolute atomic E-state index is 0.0492. The Balaban J connectivity index is 2.30. The molecule has 3 nitrogen and oxygen atoms in total. The lowest BCUT2D eigenvalue weighted by molar-refractivity contribution is 0.528. The van der Waals surface area contributed by atoms with Crippen LogP contribution >= 0.6 is 0 Å². The molecule has 0 unspecified atom stereocenters. The molecule has 1 aromatic heterocycles. The van der Waals surface area contributed by atoms with Crippen molar-refractivity contribution in [3.05, 3.63) is 52.3 Å². The number of hydrogen-bond donors (Lipinski definition) is 1. The summed E-state index contributed by atoms with van der Waals surface area (Å²) in [6.45, 7) is 7.56. The highest BCUT2D eigenvalue weighted by atomic mass is 19.1. The second-order valence-electron chi connectivity index (χ2n) is 4.79. The van der Waals surface area contributed by atoms with E-state index < -0.39 is 11.6 Å². The molecule has 1 aromatic carbocycles. The molecule has 108 valence electrons. The standard InChI is InChI=1S/C15H19F2N3/c1-4-18-8-12-10(2)19-20(11(12)3)9-13-14(16)6-5-7-15(13)17/h5-7,18H,4,8-9H2,1-3H3. The van der Waals surface area contributed by atoms with Gasteiger partial charge in [-0.1, -0.05) is 13.0 Å². The number of aromatic nitrogens is 2. The van der Waals surface area contributed by atoms with E-state index in [1.165, 1.54) is 18.2 Å². The lowest BCUT2D eigenvalue weighted by Gasteiger charge is -2.08. The Labute approximate surface area is 117 Å². The number of benzene rings is 1. The second kappa shape index (κ2) is 6.13. The van der Waals surface area contributed by atoms with Crippen LogP contribution in [0.5, 0.6) is 0 Å². The van der Waals surface area contributed by atoms with E-state index in [0.29, 0.717) is 6.54 Å². The SMILES string of the molecule is CCNCc1c(C)nn(Cc2c(F)cccc2F)c1C. The van der Waals surface area contributed by atoms with Crippen LogP contribution in [0, 0.1) is 25.5 Å². The van der Waals surface area contributed by atoms with Crippen LogP contribution in [0.3, 0.4) is 0 Å². The summed E-state index contributed by atoms with van der Waals surface area (Å²) in [5, 5.41) is 7.63. The Bertz CT molecular complexity index is 585. The van der Waals surface area contributed by atoms with Crippen molar-refractivity contribution in [3.63, 3.8) is 0 Å². The molecule has 0 amide bonds. The highest BCUT2D eigenvalue weighted by Gasteiger charge is 2.14. The Morgan fingerprint density at radius 2 is 1.80 bits per heavy atom. The van der Waals surface area contributed by atoms with E-state index in [2.05, 4.69) is 10.4 Å². The van der Waals surface area contributed by atoms with Crippen LogP contribution in [0.25, 0.3) is 0 Å².